The molecule has 172 valence electrons. The van der Waals surface area contributed by atoms with Gasteiger partial charge in [0.05, 0.1) is 18.6 Å². The number of anilines is 1. The number of carbonyl (C=O) groups is 1. The molecule has 0 spiro atoms. The molecule has 0 unspecified atom stereocenters. The average molecular weight is 480 g/mol. The summed E-state index contributed by atoms with van der Waals surface area (Å²) in [5.41, 5.74) is 1.65. The molecule has 1 amide bonds. The second-order valence-electron chi connectivity index (χ2n) is 7.08. The van der Waals surface area contributed by atoms with Crippen molar-refractivity contribution in [1.29, 1.82) is 0 Å². The number of methoxy groups -OCH3 is 1. The first-order valence-corrected chi connectivity index (χ1v) is 10.3. The highest BCUT2D eigenvalue weighted by molar-refractivity contribution is 6.30. The molecular weight excluding hydrogens is 462 g/mol. The molecule has 0 radical (unpaired) electrons. The number of hydrogen-bond donors (Lipinski definition) is 1. The van der Waals surface area contributed by atoms with Crippen LogP contribution in [0.1, 0.15) is 15.9 Å². The van der Waals surface area contributed by atoms with Gasteiger partial charge >= 0.3 is 5.69 Å². The number of benzene rings is 3. The van der Waals surface area contributed by atoms with E-state index in [4.69, 9.17) is 21.1 Å². The average Bonchev–Trinajstić information content (AvgIpc) is 3.34. The maximum Gasteiger partial charge on any atom is 0.313 e. The summed E-state index contributed by atoms with van der Waals surface area (Å²) in [7, 11) is 1.41. The highest BCUT2D eigenvalue weighted by Crippen LogP contribution is 2.38. The first-order chi connectivity index (χ1) is 16.4. The van der Waals surface area contributed by atoms with Gasteiger partial charge in [0.2, 0.25) is 5.75 Å². The Labute approximate surface area is 198 Å². The Morgan fingerprint density at radius 3 is 2.53 bits per heavy atom. The van der Waals surface area contributed by atoms with Gasteiger partial charge in [-0.1, -0.05) is 23.7 Å². The van der Waals surface area contributed by atoms with Gasteiger partial charge in [-0.15, -0.1) is 0 Å². The summed E-state index contributed by atoms with van der Waals surface area (Å²) in [5, 5.41) is 18.4. The van der Waals surface area contributed by atoms with Gasteiger partial charge in [0, 0.05) is 22.3 Å². The molecule has 1 heterocycles. The Kier molecular flexibility index (Phi) is 6.69. The molecule has 4 aromatic rings. The van der Waals surface area contributed by atoms with Crippen molar-refractivity contribution in [3.8, 4) is 17.2 Å². The first kappa shape index (κ1) is 22.7. The topological polar surface area (TPSA) is 121 Å². The molecule has 0 atom stereocenters. The maximum absolute atomic E-state index is 12.7. The van der Waals surface area contributed by atoms with Crippen LogP contribution in [-0.2, 0) is 6.54 Å². The van der Waals surface area contributed by atoms with E-state index >= 15 is 0 Å². The number of amides is 1. The lowest BCUT2D eigenvalue weighted by Gasteiger charge is -2.12. The Hall–Kier alpha value is -4.44. The van der Waals surface area contributed by atoms with E-state index in [9.17, 15) is 14.9 Å². The number of carbonyl (C=O) groups excluding carboxylic acids is 1. The van der Waals surface area contributed by atoms with Crippen LogP contribution in [0.4, 0.5) is 11.4 Å². The lowest BCUT2D eigenvalue weighted by Crippen LogP contribution is -2.12. The summed E-state index contributed by atoms with van der Waals surface area (Å²) < 4.78 is 12.7. The fourth-order valence-electron chi connectivity index (χ4n) is 3.13. The van der Waals surface area contributed by atoms with Gasteiger partial charge in [-0.2, -0.15) is 5.10 Å². The maximum atomic E-state index is 12.7. The van der Waals surface area contributed by atoms with Crippen molar-refractivity contribution in [3.05, 3.63) is 99.6 Å². The third kappa shape index (κ3) is 5.30. The van der Waals surface area contributed by atoms with Crippen LogP contribution >= 0.6 is 11.6 Å². The summed E-state index contributed by atoms with van der Waals surface area (Å²) >= 11 is 5.85. The standard InChI is InChI=1S/C23H18ClN5O5/c1-33-22-10-16(4-8-21(22)34-20-9-5-17(24)11-19(20)29(31)32)23(30)27-18-6-2-15(3-7-18)12-28-14-25-13-26-28/h2-11,13-14H,12H2,1H3,(H,27,30). The van der Waals surface area contributed by atoms with Gasteiger partial charge in [0.1, 0.15) is 12.7 Å². The molecule has 1 N–H and O–H groups in total. The van der Waals surface area contributed by atoms with Gasteiger partial charge in [0.15, 0.2) is 11.5 Å². The van der Waals surface area contributed by atoms with E-state index in [0.717, 1.165) is 5.56 Å². The van der Waals surface area contributed by atoms with Gasteiger partial charge in [-0.25, -0.2) is 9.67 Å². The molecule has 34 heavy (non-hydrogen) atoms. The second kappa shape index (κ2) is 10.0. The molecule has 0 aliphatic carbocycles. The minimum Gasteiger partial charge on any atom is -0.493 e. The molecule has 11 heteroatoms. The Morgan fingerprint density at radius 1 is 1.09 bits per heavy atom. The van der Waals surface area contributed by atoms with Crippen LogP contribution in [0.5, 0.6) is 17.2 Å². The Bertz CT molecular complexity index is 1330. The van der Waals surface area contributed by atoms with Crippen molar-refractivity contribution >= 4 is 28.9 Å². The van der Waals surface area contributed by atoms with Crippen LogP contribution in [0, 0.1) is 10.1 Å². The van der Waals surface area contributed by atoms with Crippen LogP contribution in [0.25, 0.3) is 0 Å². The molecule has 0 fully saturated rings. The van der Waals surface area contributed by atoms with Crippen molar-refractivity contribution < 1.29 is 19.2 Å². The molecule has 10 nitrogen and oxygen atoms in total. The predicted octanol–water partition coefficient (Wildman–Crippen LogP) is 4.94. The number of aromatic nitrogens is 3. The molecule has 0 saturated heterocycles. The van der Waals surface area contributed by atoms with E-state index in [-0.39, 0.29) is 33.9 Å². The van der Waals surface area contributed by atoms with E-state index in [2.05, 4.69) is 15.4 Å². The third-order valence-corrected chi connectivity index (χ3v) is 5.02. The molecule has 0 aliphatic rings. The summed E-state index contributed by atoms with van der Waals surface area (Å²) in [6.07, 6.45) is 3.09. The van der Waals surface area contributed by atoms with E-state index in [1.54, 1.807) is 23.1 Å². The lowest BCUT2D eigenvalue weighted by molar-refractivity contribution is -0.385. The second-order valence-corrected chi connectivity index (χ2v) is 7.52. The molecule has 4 rings (SSSR count). The summed E-state index contributed by atoms with van der Waals surface area (Å²) in [6, 6.07) is 16.0. The number of rotatable bonds is 8. The van der Waals surface area contributed by atoms with Gasteiger partial charge < -0.3 is 14.8 Å². The predicted molar refractivity (Wildman–Crippen MR) is 125 cm³/mol. The Morgan fingerprint density at radius 2 is 1.85 bits per heavy atom. The number of ether oxygens (including phenoxy) is 2. The number of hydrogen-bond acceptors (Lipinski definition) is 7. The monoisotopic (exact) mass is 479 g/mol. The van der Waals surface area contributed by atoms with E-state index in [0.29, 0.717) is 17.8 Å². The largest absolute Gasteiger partial charge is 0.493 e. The summed E-state index contributed by atoms with van der Waals surface area (Å²) in [5.74, 6) is 0.0873. The minimum atomic E-state index is -0.591. The van der Waals surface area contributed by atoms with Gasteiger partial charge in [-0.3, -0.25) is 14.9 Å². The zero-order valence-corrected chi connectivity index (χ0v) is 18.6. The number of nitrogens with one attached hydrogen (secondary N) is 1. The van der Waals surface area contributed by atoms with E-state index < -0.39 is 4.92 Å². The smallest absolute Gasteiger partial charge is 0.313 e. The molecular formula is C23H18ClN5O5. The van der Waals surface area contributed by atoms with E-state index in [1.807, 2.05) is 12.1 Å². The zero-order chi connectivity index (χ0) is 24.1. The van der Waals surface area contributed by atoms with Crippen LogP contribution in [-0.4, -0.2) is 32.7 Å². The number of nitrogens with zero attached hydrogens (tertiary/aromatic N) is 4. The summed E-state index contributed by atoms with van der Waals surface area (Å²) in [6.45, 7) is 0.568. The van der Waals surface area contributed by atoms with Crippen molar-refractivity contribution in [2.24, 2.45) is 0 Å². The van der Waals surface area contributed by atoms with Crippen molar-refractivity contribution in [2.75, 3.05) is 12.4 Å². The molecule has 1 aromatic heterocycles. The number of halogens is 1. The highest BCUT2D eigenvalue weighted by Gasteiger charge is 2.19. The molecule has 0 saturated carbocycles. The fourth-order valence-corrected chi connectivity index (χ4v) is 3.30. The zero-order valence-electron chi connectivity index (χ0n) is 17.8. The van der Waals surface area contributed by atoms with Crippen molar-refractivity contribution in [2.45, 2.75) is 6.54 Å². The molecule has 3 aromatic carbocycles. The quantitative estimate of drug-likeness (QED) is 0.280. The normalized spacial score (nSPS) is 10.5. The van der Waals surface area contributed by atoms with Crippen LogP contribution < -0.4 is 14.8 Å². The SMILES string of the molecule is COc1cc(C(=O)Nc2ccc(Cn3cncn3)cc2)ccc1Oc1ccc(Cl)cc1[N+](=O)[O-]. The van der Waals surface area contributed by atoms with Crippen LogP contribution in [0.2, 0.25) is 5.02 Å². The van der Waals surface area contributed by atoms with Crippen molar-refractivity contribution in [1.82, 2.24) is 14.8 Å². The highest BCUT2D eigenvalue weighted by atomic mass is 35.5. The van der Waals surface area contributed by atoms with Crippen LogP contribution in [0.15, 0.2) is 73.3 Å². The van der Waals surface area contributed by atoms with Gasteiger partial charge in [0.25, 0.3) is 5.91 Å². The Balaban J connectivity index is 1.48. The first-order valence-electron chi connectivity index (χ1n) is 9.95. The third-order valence-electron chi connectivity index (χ3n) is 4.79. The van der Waals surface area contributed by atoms with Crippen molar-refractivity contribution in [3.63, 3.8) is 0 Å². The summed E-state index contributed by atoms with van der Waals surface area (Å²) in [4.78, 5) is 27.4. The van der Waals surface area contributed by atoms with E-state index in [1.165, 1.54) is 49.8 Å². The molecule has 0 aliphatic heterocycles. The van der Waals surface area contributed by atoms with Gasteiger partial charge in [-0.05, 0) is 48.0 Å². The number of nitro groups is 1. The fraction of sp³-hybridized carbons (Fsp3) is 0.0870. The minimum absolute atomic E-state index is 0.00381. The lowest BCUT2D eigenvalue weighted by atomic mass is 10.1. The number of nitro benzene ring substituents is 1. The molecule has 0 bridgehead atoms. The van der Waals surface area contributed by atoms with Crippen LogP contribution in [0.3, 0.4) is 0 Å².